The van der Waals surface area contributed by atoms with Crippen molar-refractivity contribution in [2.24, 2.45) is 0 Å². The van der Waals surface area contributed by atoms with Gasteiger partial charge in [-0.15, -0.1) is 0 Å². The van der Waals surface area contributed by atoms with Crippen LogP contribution in [0.2, 0.25) is 0 Å². The molecule has 1 heterocycles. The first kappa shape index (κ1) is 13.2. The maximum absolute atomic E-state index is 13.7. The van der Waals surface area contributed by atoms with Gasteiger partial charge in [0.05, 0.1) is 0 Å². The summed E-state index contributed by atoms with van der Waals surface area (Å²) in [5, 5.41) is 6.74. The summed E-state index contributed by atoms with van der Waals surface area (Å²) in [6, 6.07) is 4.99. The van der Waals surface area contributed by atoms with E-state index in [2.05, 4.69) is 31.4 Å². The van der Waals surface area contributed by atoms with E-state index in [1.807, 2.05) is 13.0 Å². The Bertz CT molecular complexity index is 504. The zero-order valence-electron chi connectivity index (χ0n) is 9.86. The summed E-state index contributed by atoms with van der Waals surface area (Å²) in [5.74, 6) is 0.355. The van der Waals surface area contributed by atoms with Gasteiger partial charge in [-0.25, -0.2) is 4.39 Å². The van der Waals surface area contributed by atoms with Crippen LogP contribution in [-0.2, 0) is 6.42 Å². The van der Waals surface area contributed by atoms with Crippen molar-refractivity contribution in [1.82, 2.24) is 15.5 Å². The molecule has 0 fully saturated rings. The topological polar surface area (TPSA) is 51.0 Å². The van der Waals surface area contributed by atoms with E-state index < -0.39 is 0 Å². The van der Waals surface area contributed by atoms with Crippen molar-refractivity contribution in [1.29, 1.82) is 0 Å². The number of hydrogen-bond donors (Lipinski definition) is 1. The molecule has 6 heteroatoms. The highest BCUT2D eigenvalue weighted by Crippen LogP contribution is 2.20. The van der Waals surface area contributed by atoms with E-state index >= 15 is 0 Å². The number of nitrogens with one attached hydrogen (secondary N) is 1. The van der Waals surface area contributed by atoms with Crippen LogP contribution in [0.1, 0.15) is 24.4 Å². The lowest BCUT2D eigenvalue weighted by Gasteiger charge is -2.14. The standard InChI is InChI=1S/C12H13BrFN3O/c1-8(10-3-2-9(13)6-11(10)14)15-5-4-12-16-7-17-18-12/h2-3,6-8,15H,4-5H2,1H3. The summed E-state index contributed by atoms with van der Waals surface area (Å²) in [6.45, 7) is 2.57. The number of nitrogens with zero attached hydrogens (tertiary/aromatic N) is 2. The predicted molar refractivity (Wildman–Crippen MR) is 68.5 cm³/mol. The van der Waals surface area contributed by atoms with E-state index in [1.54, 1.807) is 6.07 Å². The molecule has 0 aliphatic carbocycles. The summed E-state index contributed by atoms with van der Waals surface area (Å²) in [7, 11) is 0. The fraction of sp³-hybridized carbons (Fsp3) is 0.333. The van der Waals surface area contributed by atoms with Gasteiger partial charge in [-0.05, 0) is 19.1 Å². The Labute approximate surface area is 113 Å². The minimum Gasteiger partial charge on any atom is -0.340 e. The Kier molecular flexibility index (Phi) is 4.43. The van der Waals surface area contributed by atoms with E-state index in [1.165, 1.54) is 12.4 Å². The molecule has 0 bridgehead atoms. The van der Waals surface area contributed by atoms with E-state index in [9.17, 15) is 4.39 Å². The summed E-state index contributed by atoms with van der Waals surface area (Å²) >= 11 is 3.24. The zero-order chi connectivity index (χ0) is 13.0. The third-order valence-electron chi connectivity index (χ3n) is 2.63. The molecule has 0 spiro atoms. The first-order valence-corrected chi connectivity index (χ1v) is 6.40. The van der Waals surface area contributed by atoms with Crippen molar-refractivity contribution in [3.05, 3.63) is 46.3 Å². The van der Waals surface area contributed by atoms with Crippen molar-refractivity contribution in [3.8, 4) is 0 Å². The SMILES string of the molecule is CC(NCCc1ncno1)c1ccc(Br)cc1F. The Balaban J connectivity index is 1.89. The number of aromatic nitrogens is 2. The van der Waals surface area contributed by atoms with Gasteiger partial charge in [-0.3, -0.25) is 0 Å². The first-order valence-electron chi connectivity index (χ1n) is 5.60. The van der Waals surface area contributed by atoms with Gasteiger partial charge in [0.1, 0.15) is 5.82 Å². The van der Waals surface area contributed by atoms with Gasteiger partial charge in [0.15, 0.2) is 6.33 Å². The predicted octanol–water partition coefficient (Wildman–Crippen LogP) is 2.86. The average Bonchev–Trinajstić information content (AvgIpc) is 2.81. The van der Waals surface area contributed by atoms with Gasteiger partial charge < -0.3 is 9.84 Å². The molecular weight excluding hydrogens is 301 g/mol. The van der Waals surface area contributed by atoms with Crippen LogP contribution in [0.25, 0.3) is 0 Å². The van der Waals surface area contributed by atoms with Crippen molar-refractivity contribution in [2.45, 2.75) is 19.4 Å². The highest BCUT2D eigenvalue weighted by molar-refractivity contribution is 9.10. The molecule has 1 N–H and O–H groups in total. The second kappa shape index (κ2) is 6.06. The molecule has 0 aliphatic heterocycles. The molecule has 0 radical (unpaired) electrons. The highest BCUT2D eigenvalue weighted by Gasteiger charge is 2.10. The van der Waals surface area contributed by atoms with Gasteiger partial charge in [-0.2, -0.15) is 4.98 Å². The molecule has 96 valence electrons. The number of benzene rings is 1. The third-order valence-corrected chi connectivity index (χ3v) is 3.12. The second-order valence-corrected chi connectivity index (χ2v) is 4.84. The van der Waals surface area contributed by atoms with Crippen molar-refractivity contribution < 1.29 is 8.91 Å². The van der Waals surface area contributed by atoms with Crippen molar-refractivity contribution >= 4 is 15.9 Å². The Morgan fingerprint density at radius 1 is 1.50 bits per heavy atom. The maximum Gasteiger partial charge on any atom is 0.227 e. The minimum absolute atomic E-state index is 0.0685. The molecule has 4 nitrogen and oxygen atoms in total. The normalized spacial score (nSPS) is 12.6. The average molecular weight is 314 g/mol. The molecule has 0 aliphatic rings. The van der Waals surface area contributed by atoms with Gasteiger partial charge in [0.2, 0.25) is 5.89 Å². The molecular formula is C12H13BrFN3O. The lowest BCUT2D eigenvalue weighted by Crippen LogP contribution is -2.22. The van der Waals surface area contributed by atoms with E-state index in [0.717, 1.165) is 4.47 Å². The Hall–Kier alpha value is -1.27. The molecule has 0 amide bonds. The minimum atomic E-state index is -0.220. The number of rotatable bonds is 5. The van der Waals surface area contributed by atoms with Gasteiger partial charge in [0.25, 0.3) is 0 Å². The van der Waals surface area contributed by atoms with Crippen LogP contribution in [0.3, 0.4) is 0 Å². The van der Waals surface area contributed by atoms with Gasteiger partial charge in [-0.1, -0.05) is 27.2 Å². The van der Waals surface area contributed by atoms with Crippen LogP contribution in [0, 0.1) is 5.82 Å². The van der Waals surface area contributed by atoms with Crippen LogP contribution >= 0.6 is 15.9 Å². The van der Waals surface area contributed by atoms with Crippen LogP contribution < -0.4 is 5.32 Å². The van der Waals surface area contributed by atoms with Gasteiger partial charge in [0, 0.05) is 29.0 Å². The largest absolute Gasteiger partial charge is 0.340 e. The zero-order valence-corrected chi connectivity index (χ0v) is 11.4. The molecule has 2 rings (SSSR count). The summed E-state index contributed by atoms with van der Waals surface area (Å²) in [5.41, 5.74) is 0.642. The molecule has 1 aromatic carbocycles. The quantitative estimate of drug-likeness (QED) is 0.922. The molecule has 0 saturated carbocycles. The van der Waals surface area contributed by atoms with E-state index in [0.29, 0.717) is 24.4 Å². The van der Waals surface area contributed by atoms with Crippen LogP contribution in [0.4, 0.5) is 4.39 Å². The lowest BCUT2D eigenvalue weighted by molar-refractivity contribution is 0.372. The van der Waals surface area contributed by atoms with Crippen LogP contribution in [0.5, 0.6) is 0 Å². The van der Waals surface area contributed by atoms with Crippen LogP contribution in [-0.4, -0.2) is 16.7 Å². The number of halogens is 2. The Morgan fingerprint density at radius 2 is 2.33 bits per heavy atom. The molecule has 1 unspecified atom stereocenters. The molecule has 0 saturated heterocycles. The summed E-state index contributed by atoms with van der Waals surface area (Å²) in [4.78, 5) is 3.92. The van der Waals surface area contributed by atoms with Crippen LogP contribution in [0.15, 0.2) is 33.5 Å². The fourth-order valence-electron chi connectivity index (χ4n) is 1.66. The fourth-order valence-corrected chi connectivity index (χ4v) is 2.00. The monoisotopic (exact) mass is 313 g/mol. The Morgan fingerprint density at radius 3 is 3.00 bits per heavy atom. The first-order chi connectivity index (χ1) is 8.66. The molecule has 18 heavy (non-hydrogen) atoms. The maximum atomic E-state index is 13.7. The highest BCUT2D eigenvalue weighted by atomic mass is 79.9. The number of hydrogen-bond acceptors (Lipinski definition) is 4. The third kappa shape index (κ3) is 3.36. The van der Waals surface area contributed by atoms with E-state index in [4.69, 9.17) is 4.52 Å². The van der Waals surface area contributed by atoms with E-state index in [-0.39, 0.29) is 11.9 Å². The molecule has 1 atom stereocenters. The lowest BCUT2D eigenvalue weighted by atomic mass is 10.1. The van der Waals surface area contributed by atoms with Crippen molar-refractivity contribution in [2.75, 3.05) is 6.54 Å². The van der Waals surface area contributed by atoms with Crippen molar-refractivity contribution in [3.63, 3.8) is 0 Å². The second-order valence-electron chi connectivity index (χ2n) is 3.93. The smallest absolute Gasteiger partial charge is 0.227 e. The summed E-state index contributed by atoms with van der Waals surface area (Å²) in [6.07, 6.45) is 2.00. The summed E-state index contributed by atoms with van der Waals surface area (Å²) < 4.78 is 19.3. The van der Waals surface area contributed by atoms with Gasteiger partial charge >= 0.3 is 0 Å². The molecule has 1 aromatic heterocycles. The molecule has 2 aromatic rings.